The van der Waals surface area contributed by atoms with E-state index >= 15 is 0 Å². The quantitative estimate of drug-likeness (QED) is 0.258. The first-order chi connectivity index (χ1) is 12.5. The van der Waals surface area contributed by atoms with E-state index in [4.69, 9.17) is 0 Å². The minimum atomic E-state index is -8.22. The largest absolute Gasteiger partial charge is 0.440 e. The Morgan fingerprint density at radius 1 is 0.552 bits per heavy atom. The van der Waals surface area contributed by atoms with Gasteiger partial charge in [-0.15, -0.1) is 4.90 Å². The summed E-state index contributed by atoms with van der Waals surface area (Å²) in [6, 6.07) is -28.6. The molecule has 0 fully saturated rings. The van der Waals surface area contributed by atoms with Gasteiger partial charge in [0.15, 0.2) is 0 Å². The first-order valence-corrected chi connectivity index (χ1v) is 5.84. The van der Waals surface area contributed by atoms with Crippen molar-refractivity contribution < 1.29 is 79.4 Å². The fourth-order valence-electron chi connectivity index (χ4n) is 1.51. The van der Waals surface area contributed by atoms with Crippen molar-refractivity contribution in [1.82, 2.24) is 4.90 Å². The second-order valence-corrected chi connectivity index (χ2v) is 4.54. The van der Waals surface area contributed by atoms with E-state index in [1.165, 1.54) is 0 Å². The van der Waals surface area contributed by atoms with Crippen molar-refractivity contribution in [2.24, 2.45) is 0 Å². The maximum absolute atomic E-state index is 13.7. The van der Waals surface area contributed by atoms with E-state index in [0.29, 0.717) is 0 Å². The zero-order valence-electron chi connectivity index (χ0n) is 12.3. The Morgan fingerprint density at radius 2 is 0.828 bits per heavy atom. The van der Waals surface area contributed by atoms with Crippen LogP contribution in [-0.2, 0) is 4.79 Å². The standard InChI is InChI=1S/C10F17NO/c11-1(3(13)14)7(19,20)28(8(21,22)2(12)4(15)16)10(26,27)6(18,5(17)29)9(23,24)25. The van der Waals surface area contributed by atoms with E-state index in [2.05, 4.69) is 0 Å². The molecule has 0 saturated carbocycles. The summed E-state index contributed by atoms with van der Waals surface area (Å²) in [4.78, 5) is 5.64. The van der Waals surface area contributed by atoms with Crippen molar-refractivity contribution in [3.63, 3.8) is 0 Å². The van der Waals surface area contributed by atoms with Crippen LogP contribution in [0.25, 0.3) is 0 Å². The molecule has 0 bridgehead atoms. The number of hydrogen-bond acceptors (Lipinski definition) is 2. The molecule has 170 valence electrons. The predicted octanol–water partition coefficient (Wildman–Crippen LogP) is 5.99. The lowest BCUT2D eigenvalue weighted by Gasteiger charge is -2.43. The van der Waals surface area contributed by atoms with Crippen LogP contribution in [0.2, 0.25) is 0 Å². The number of hydrogen-bond donors (Lipinski definition) is 0. The molecule has 0 heterocycles. The molecule has 0 radical (unpaired) electrons. The topological polar surface area (TPSA) is 20.3 Å². The summed E-state index contributed by atoms with van der Waals surface area (Å²) in [6.07, 6.45) is -16.9. The van der Waals surface area contributed by atoms with Gasteiger partial charge in [0.1, 0.15) is 0 Å². The molecule has 1 atom stereocenters. The third kappa shape index (κ3) is 4.13. The maximum Gasteiger partial charge on any atom is 0.440 e. The summed E-state index contributed by atoms with van der Waals surface area (Å²) in [7, 11) is 0. The molecule has 0 rings (SSSR count). The fourth-order valence-corrected chi connectivity index (χ4v) is 1.51. The van der Waals surface area contributed by atoms with Gasteiger partial charge in [-0.2, -0.15) is 70.2 Å². The summed E-state index contributed by atoms with van der Waals surface area (Å²) in [5.74, 6) is -9.67. The zero-order chi connectivity index (χ0) is 24.0. The van der Waals surface area contributed by atoms with Gasteiger partial charge < -0.3 is 0 Å². The van der Waals surface area contributed by atoms with Crippen LogP contribution >= 0.6 is 0 Å². The second kappa shape index (κ2) is 7.63. The van der Waals surface area contributed by atoms with Crippen LogP contribution in [0.4, 0.5) is 74.6 Å². The lowest BCUT2D eigenvalue weighted by Crippen LogP contribution is -2.73. The molecule has 19 heteroatoms. The van der Waals surface area contributed by atoms with Crippen molar-refractivity contribution in [3.05, 3.63) is 23.8 Å². The Balaban J connectivity index is 7.48. The minimum Gasteiger partial charge on any atom is -0.257 e. The van der Waals surface area contributed by atoms with Crippen LogP contribution in [-0.4, -0.2) is 40.9 Å². The first kappa shape index (κ1) is 26.9. The zero-order valence-corrected chi connectivity index (χ0v) is 12.3. The number of carbonyl (C=O) groups excluding carboxylic acids is 1. The Labute approximate surface area is 145 Å². The molecule has 2 nitrogen and oxygen atoms in total. The second-order valence-electron chi connectivity index (χ2n) is 4.54. The molecule has 0 amide bonds. The Hall–Kier alpha value is -2.08. The number of rotatable bonds is 7. The van der Waals surface area contributed by atoms with Crippen molar-refractivity contribution in [2.75, 3.05) is 0 Å². The SMILES string of the molecule is O=C(F)C(F)(C(F)(F)F)C(F)(F)N(C(F)(F)C(F)=C(F)F)C(F)(F)C(F)=C(F)F. The Bertz CT molecular complexity index is 676. The van der Waals surface area contributed by atoms with Crippen LogP contribution < -0.4 is 0 Å². The Morgan fingerprint density at radius 3 is 1.00 bits per heavy atom. The van der Waals surface area contributed by atoms with E-state index < -0.39 is 64.7 Å². The van der Waals surface area contributed by atoms with Crippen LogP contribution in [0.15, 0.2) is 23.8 Å². The molecular weight excluding hydrogens is 473 g/mol. The lowest BCUT2D eigenvalue weighted by atomic mass is 10.0. The molecule has 29 heavy (non-hydrogen) atoms. The average Bonchev–Trinajstić information content (AvgIpc) is 2.49. The van der Waals surface area contributed by atoms with Gasteiger partial charge in [-0.25, -0.2) is 4.39 Å². The van der Waals surface area contributed by atoms with Gasteiger partial charge in [0, 0.05) is 0 Å². The van der Waals surface area contributed by atoms with E-state index in [1.54, 1.807) is 0 Å². The molecule has 0 aromatic carbocycles. The summed E-state index contributed by atoms with van der Waals surface area (Å²) < 4.78 is 217. The smallest absolute Gasteiger partial charge is 0.257 e. The van der Waals surface area contributed by atoms with Gasteiger partial charge in [-0.1, -0.05) is 0 Å². The van der Waals surface area contributed by atoms with Gasteiger partial charge >= 0.3 is 48.2 Å². The highest BCUT2D eigenvalue weighted by molar-refractivity contribution is 5.81. The van der Waals surface area contributed by atoms with Crippen LogP contribution in [0.1, 0.15) is 0 Å². The molecular formula is C10F17NO. The maximum atomic E-state index is 13.7. The van der Waals surface area contributed by atoms with Gasteiger partial charge in [0.2, 0.25) is 0 Å². The third-order valence-corrected chi connectivity index (χ3v) is 2.78. The molecule has 0 aliphatic heterocycles. The van der Waals surface area contributed by atoms with Gasteiger partial charge in [-0.05, 0) is 0 Å². The molecule has 0 N–H and O–H groups in total. The van der Waals surface area contributed by atoms with Crippen molar-refractivity contribution in [3.8, 4) is 0 Å². The number of alkyl halides is 10. The van der Waals surface area contributed by atoms with Crippen LogP contribution in [0.3, 0.4) is 0 Å². The van der Waals surface area contributed by atoms with Crippen LogP contribution in [0.5, 0.6) is 0 Å². The molecule has 0 saturated heterocycles. The van der Waals surface area contributed by atoms with Gasteiger partial charge in [0.05, 0.1) is 0 Å². The summed E-state index contributed by atoms with van der Waals surface area (Å²) >= 11 is 0. The molecule has 0 aliphatic rings. The summed E-state index contributed by atoms with van der Waals surface area (Å²) in [6.45, 7) is 0. The van der Waals surface area contributed by atoms with E-state index in [1.807, 2.05) is 0 Å². The molecule has 0 aromatic heterocycles. The summed E-state index contributed by atoms with van der Waals surface area (Å²) in [5, 5.41) is 0. The monoisotopic (exact) mass is 473 g/mol. The van der Waals surface area contributed by atoms with Crippen molar-refractivity contribution >= 4 is 6.04 Å². The number of carbonyl (C=O) groups is 1. The fraction of sp³-hybridized carbons (Fsp3) is 0.500. The van der Waals surface area contributed by atoms with Gasteiger partial charge in [-0.3, -0.25) is 4.79 Å². The highest BCUT2D eigenvalue weighted by atomic mass is 19.4. The lowest BCUT2D eigenvalue weighted by molar-refractivity contribution is -0.409. The molecule has 0 aromatic rings. The highest BCUT2D eigenvalue weighted by Gasteiger charge is 2.85. The molecule has 1 unspecified atom stereocenters. The van der Waals surface area contributed by atoms with E-state index in [0.717, 1.165) is 0 Å². The third-order valence-electron chi connectivity index (χ3n) is 2.78. The van der Waals surface area contributed by atoms with E-state index in [9.17, 15) is 79.4 Å². The predicted molar refractivity (Wildman–Crippen MR) is 53.4 cm³/mol. The summed E-state index contributed by atoms with van der Waals surface area (Å²) in [5.41, 5.74) is -7.83. The average molecular weight is 473 g/mol. The first-order valence-electron chi connectivity index (χ1n) is 5.84. The number of halogens is 17. The van der Waals surface area contributed by atoms with Crippen LogP contribution in [0, 0.1) is 0 Å². The number of nitrogens with zero attached hydrogens (tertiary/aromatic N) is 1. The van der Waals surface area contributed by atoms with E-state index in [-0.39, 0.29) is 0 Å². The van der Waals surface area contributed by atoms with Crippen molar-refractivity contribution in [2.45, 2.75) is 30.0 Å². The highest BCUT2D eigenvalue weighted by Crippen LogP contribution is 2.56. The van der Waals surface area contributed by atoms with Gasteiger partial charge in [0.25, 0.3) is 11.7 Å². The van der Waals surface area contributed by atoms with Crippen molar-refractivity contribution in [1.29, 1.82) is 0 Å². The molecule has 0 aliphatic carbocycles. The Kier molecular flexibility index (Phi) is 7.09. The normalized spacial score (nSPS) is 15.8. The molecule has 0 spiro atoms. The minimum absolute atomic E-state index is 4.42.